The first-order valence-corrected chi connectivity index (χ1v) is 8.75. The van der Waals surface area contributed by atoms with E-state index in [9.17, 15) is 4.79 Å². The molecular weight excluding hydrogens is 294 g/mol. The number of carbonyl (C=O) groups is 1. The van der Waals surface area contributed by atoms with Crippen LogP contribution in [0.25, 0.3) is 10.9 Å². The van der Waals surface area contributed by atoms with Crippen molar-refractivity contribution in [1.82, 2.24) is 14.9 Å². The van der Waals surface area contributed by atoms with E-state index in [0.29, 0.717) is 17.7 Å². The number of fused-ring (bicyclic) bond motifs is 1. The highest BCUT2D eigenvalue weighted by Gasteiger charge is 2.32. The normalized spacial score (nSPS) is 14.5. The van der Waals surface area contributed by atoms with Gasteiger partial charge in [-0.05, 0) is 24.8 Å². The molecule has 0 spiro atoms. The van der Waals surface area contributed by atoms with Gasteiger partial charge in [-0.3, -0.25) is 4.79 Å². The van der Waals surface area contributed by atoms with E-state index in [1.165, 1.54) is 11.8 Å². The quantitative estimate of drug-likeness (QED) is 0.606. The van der Waals surface area contributed by atoms with Crippen molar-refractivity contribution >= 4 is 28.6 Å². The van der Waals surface area contributed by atoms with Crippen LogP contribution in [0.5, 0.6) is 0 Å². The fourth-order valence-electron chi connectivity index (χ4n) is 2.54. The molecule has 0 saturated heterocycles. The van der Waals surface area contributed by atoms with Gasteiger partial charge in [-0.25, -0.2) is 9.97 Å². The van der Waals surface area contributed by atoms with Gasteiger partial charge in [0.15, 0.2) is 0 Å². The Morgan fingerprint density at radius 3 is 2.82 bits per heavy atom. The lowest BCUT2D eigenvalue weighted by Gasteiger charge is -2.24. The summed E-state index contributed by atoms with van der Waals surface area (Å²) >= 11 is 1.52. The van der Waals surface area contributed by atoms with E-state index in [2.05, 4.69) is 28.7 Å². The second-order valence-corrected chi connectivity index (χ2v) is 7.12. The maximum atomic E-state index is 12.5. The summed E-state index contributed by atoms with van der Waals surface area (Å²) in [7, 11) is 0. The van der Waals surface area contributed by atoms with Gasteiger partial charge in [-0.1, -0.05) is 43.8 Å². The first-order chi connectivity index (χ1) is 10.6. The number of nitrogens with zero attached hydrogens (tertiary/aromatic N) is 3. The summed E-state index contributed by atoms with van der Waals surface area (Å²) in [5.74, 6) is 1.18. The highest BCUT2D eigenvalue weighted by molar-refractivity contribution is 8.00. The van der Waals surface area contributed by atoms with Gasteiger partial charge in [0.05, 0.1) is 11.3 Å². The molecule has 0 N–H and O–H groups in total. The Labute approximate surface area is 135 Å². The highest BCUT2D eigenvalue weighted by Crippen LogP contribution is 2.30. The number of rotatable bonds is 6. The Morgan fingerprint density at radius 2 is 2.09 bits per heavy atom. The molecule has 1 saturated carbocycles. The van der Waals surface area contributed by atoms with Crippen LogP contribution in [0.3, 0.4) is 0 Å². The summed E-state index contributed by atoms with van der Waals surface area (Å²) in [6, 6.07) is 8.39. The Morgan fingerprint density at radius 1 is 1.32 bits per heavy atom. The minimum atomic E-state index is 0.226. The fourth-order valence-corrected chi connectivity index (χ4v) is 3.42. The second-order valence-electron chi connectivity index (χ2n) is 6.16. The molecule has 1 fully saturated rings. The molecule has 0 atom stereocenters. The summed E-state index contributed by atoms with van der Waals surface area (Å²) < 4.78 is 0. The van der Waals surface area contributed by atoms with E-state index < -0.39 is 0 Å². The molecule has 22 heavy (non-hydrogen) atoms. The third-order valence-corrected chi connectivity index (χ3v) is 4.70. The number of amides is 1. The average Bonchev–Trinajstić information content (AvgIpc) is 3.34. The van der Waals surface area contributed by atoms with Crippen LogP contribution in [-0.4, -0.2) is 39.1 Å². The van der Waals surface area contributed by atoms with Crippen molar-refractivity contribution in [2.75, 3.05) is 12.3 Å². The van der Waals surface area contributed by atoms with Gasteiger partial charge in [0.25, 0.3) is 0 Å². The van der Waals surface area contributed by atoms with Crippen molar-refractivity contribution in [1.29, 1.82) is 0 Å². The van der Waals surface area contributed by atoms with Crippen molar-refractivity contribution in [3.8, 4) is 0 Å². The van der Waals surface area contributed by atoms with Crippen molar-refractivity contribution in [3.05, 3.63) is 30.6 Å². The molecule has 0 aliphatic heterocycles. The van der Waals surface area contributed by atoms with Crippen molar-refractivity contribution in [3.63, 3.8) is 0 Å². The Bertz CT molecular complexity index is 665. The molecule has 1 aliphatic carbocycles. The molecule has 116 valence electrons. The van der Waals surface area contributed by atoms with Gasteiger partial charge >= 0.3 is 0 Å². The summed E-state index contributed by atoms with van der Waals surface area (Å²) in [6.07, 6.45) is 3.88. The topological polar surface area (TPSA) is 46.1 Å². The number of hydrogen-bond acceptors (Lipinski definition) is 4. The lowest BCUT2D eigenvalue weighted by atomic mass is 10.2. The standard InChI is InChI=1S/C17H21N3OS/c1-12(2)9-20(13-7-8-13)16(21)10-22-17-14-5-3-4-6-15(14)18-11-19-17/h3-6,11-13H,7-10H2,1-2H3. The van der Waals surface area contributed by atoms with Gasteiger partial charge in [0.2, 0.25) is 5.91 Å². The summed E-state index contributed by atoms with van der Waals surface area (Å²) in [5, 5.41) is 1.91. The smallest absolute Gasteiger partial charge is 0.233 e. The zero-order valence-corrected chi connectivity index (χ0v) is 13.8. The third kappa shape index (κ3) is 3.58. The molecule has 1 aromatic carbocycles. The first kappa shape index (κ1) is 15.3. The largest absolute Gasteiger partial charge is 0.339 e. The SMILES string of the molecule is CC(C)CN(C(=O)CSc1ncnc2ccccc12)C1CC1. The van der Waals surface area contributed by atoms with Crippen LogP contribution in [0.15, 0.2) is 35.6 Å². The monoisotopic (exact) mass is 315 g/mol. The molecule has 0 bridgehead atoms. The summed E-state index contributed by atoms with van der Waals surface area (Å²) in [4.78, 5) is 23.2. The van der Waals surface area contributed by atoms with Crippen LogP contribution in [0.4, 0.5) is 0 Å². The first-order valence-electron chi connectivity index (χ1n) is 7.77. The van der Waals surface area contributed by atoms with Crippen LogP contribution in [0.1, 0.15) is 26.7 Å². The Balaban J connectivity index is 1.69. The van der Waals surface area contributed by atoms with E-state index in [4.69, 9.17) is 0 Å². The van der Waals surface area contributed by atoms with Crippen molar-refractivity contribution < 1.29 is 4.79 Å². The van der Waals surface area contributed by atoms with Crippen LogP contribution in [-0.2, 0) is 4.79 Å². The molecule has 0 radical (unpaired) electrons. The zero-order valence-electron chi connectivity index (χ0n) is 13.0. The molecule has 1 amide bonds. The molecule has 3 rings (SSSR count). The minimum Gasteiger partial charge on any atom is -0.339 e. The highest BCUT2D eigenvalue weighted by atomic mass is 32.2. The molecule has 1 aliphatic rings. The second kappa shape index (κ2) is 6.65. The summed E-state index contributed by atoms with van der Waals surface area (Å²) in [5.41, 5.74) is 0.925. The van der Waals surface area contributed by atoms with Crippen LogP contribution >= 0.6 is 11.8 Å². The minimum absolute atomic E-state index is 0.226. The predicted octanol–water partition coefficient (Wildman–Crippen LogP) is 3.37. The third-order valence-electron chi connectivity index (χ3n) is 3.71. The van der Waals surface area contributed by atoms with E-state index in [1.807, 2.05) is 24.3 Å². The fraction of sp³-hybridized carbons (Fsp3) is 0.471. The maximum absolute atomic E-state index is 12.5. The van der Waals surface area contributed by atoms with Crippen molar-refractivity contribution in [2.24, 2.45) is 5.92 Å². The number of hydrogen-bond donors (Lipinski definition) is 0. The van der Waals surface area contributed by atoms with Crippen molar-refractivity contribution in [2.45, 2.75) is 37.8 Å². The number of carbonyl (C=O) groups excluding carboxylic acids is 1. The molecule has 4 nitrogen and oxygen atoms in total. The summed E-state index contributed by atoms with van der Waals surface area (Å²) in [6.45, 7) is 5.18. The molecular formula is C17H21N3OS. The number of para-hydroxylation sites is 1. The number of aromatic nitrogens is 2. The van der Waals surface area contributed by atoms with E-state index >= 15 is 0 Å². The van der Waals surface area contributed by atoms with Gasteiger partial charge in [0, 0.05) is 18.0 Å². The predicted molar refractivity (Wildman–Crippen MR) is 89.8 cm³/mol. The average molecular weight is 315 g/mol. The van der Waals surface area contributed by atoms with Gasteiger partial charge < -0.3 is 4.90 Å². The van der Waals surface area contributed by atoms with E-state index in [1.54, 1.807) is 6.33 Å². The lowest BCUT2D eigenvalue weighted by Crippen LogP contribution is -2.37. The van der Waals surface area contributed by atoms with Gasteiger partial charge in [-0.2, -0.15) is 0 Å². The molecule has 5 heteroatoms. The zero-order chi connectivity index (χ0) is 15.5. The van der Waals surface area contributed by atoms with Crippen LogP contribution in [0.2, 0.25) is 0 Å². The maximum Gasteiger partial charge on any atom is 0.233 e. The van der Waals surface area contributed by atoms with E-state index in [0.717, 1.165) is 35.3 Å². The van der Waals surface area contributed by atoms with Crippen LogP contribution < -0.4 is 0 Å². The molecule has 0 unspecified atom stereocenters. The number of thioether (sulfide) groups is 1. The Hall–Kier alpha value is -1.62. The Kier molecular flexibility index (Phi) is 4.62. The number of benzene rings is 1. The lowest BCUT2D eigenvalue weighted by molar-refractivity contribution is -0.129. The molecule has 1 aromatic heterocycles. The van der Waals surface area contributed by atoms with E-state index in [-0.39, 0.29) is 5.91 Å². The van der Waals surface area contributed by atoms with Crippen LogP contribution in [0, 0.1) is 5.92 Å². The van der Waals surface area contributed by atoms with Gasteiger partial charge in [0.1, 0.15) is 11.4 Å². The molecule has 1 heterocycles. The van der Waals surface area contributed by atoms with Gasteiger partial charge in [-0.15, -0.1) is 0 Å². The molecule has 2 aromatic rings.